The molecular formula is C17H17N3OS. The number of carbonyl (C=O) groups excluding carboxylic acids is 1. The van der Waals surface area contributed by atoms with E-state index in [9.17, 15) is 4.79 Å². The Kier molecular flexibility index (Phi) is 4.04. The van der Waals surface area contributed by atoms with E-state index < -0.39 is 0 Å². The van der Waals surface area contributed by atoms with Crippen LogP contribution in [0, 0.1) is 25.2 Å². The second kappa shape index (κ2) is 5.98. The molecule has 0 aliphatic heterocycles. The lowest BCUT2D eigenvalue weighted by atomic mass is 10.2. The Morgan fingerprint density at radius 1 is 1.45 bits per heavy atom. The Hall–Kier alpha value is -2.06. The molecule has 2 aromatic rings. The van der Waals surface area contributed by atoms with E-state index in [0.29, 0.717) is 22.4 Å². The molecule has 1 aliphatic rings. The summed E-state index contributed by atoms with van der Waals surface area (Å²) in [4.78, 5) is 16.7. The Balaban J connectivity index is 1.72. The number of hydrogen-bond donors (Lipinski definition) is 0. The first-order chi connectivity index (χ1) is 10.6. The second-order valence-corrected chi connectivity index (χ2v) is 6.59. The van der Waals surface area contributed by atoms with Crippen molar-refractivity contribution in [2.75, 3.05) is 5.75 Å². The van der Waals surface area contributed by atoms with Crippen LogP contribution in [-0.4, -0.2) is 21.1 Å². The van der Waals surface area contributed by atoms with Gasteiger partial charge < -0.3 is 4.57 Å². The highest BCUT2D eigenvalue weighted by Gasteiger charge is 2.28. The van der Waals surface area contributed by atoms with Gasteiger partial charge >= 0.3 is 0 Å². The van der Waals surface area contributed by atoms with Crippen LogP contribution in [0.5, 0.6) is 0 Å². The molecule has 22 heavy (non-hydrogen) atoms. The van der Waals surface area contributed by atoms with Crippen LogP contribution in [0.1, 0.15) is 46.2 Å². The van der Waals surface area contributed by atoms with Crippen LogP contribution >= 0.6 is 11.8 Å². The van der Waals surface area contributed by atoms with Crippen LogP contribution in [0.15, 0.2) is 29.4 Å². The van der Waals surface area contributed by atoms with Crippen molar-refractivity contribution in [1.82, 2.24) is 9.55 Å². The van der Waals surface area contributed by atoms with E-state index in [0.717, 1.165) is 17.0 Å². The summed E-state index contributed by atoms with van der Waals surface area (Å²) in [6.45, 7) is 4.09. The molecule has 1 aliphatic carbocycles. The first-order valence-corrected chi connectivity index (χ1v) is 8.29. The van der Waals surface area contributed by atoms with Gasteiger partial charge in [0, 0.05) is 29.2 Å². The number of aryl methyl sites for hydroxylation is 1. The summed E-state index contributed by atoms with van der Waals surface area (Å²) in [6, 6.07) is 8.04. The molecule has 0 unspecified atom stereocenters. The van der Waals surface area contributed by atoms with Crippen molar-refractivity contribution in [3.63, 3.8) is 0 Å². The molecular weight excluding hydrogens is 294 g/mol. The zero-order valence-electron chi connectivity index (χ0n) is 12.7. The minimum atomic E-state index is 0.120. The smallest absolute Gasteiger partial charge is 0.174 e. The summed E-state index contributed by atoms with van der Waals surface area (Å²) < 4.78 is 2.28. The highest BCUT2D eigenvalue weighted by atomic mass is 32.2. The molecule has 0 atom stereocenters. The van der Waals surface area contributed by atoms with Crippen molar-refractivity contribution in [2.24, 2.45) is 0 Å². The van der Waals surface area contributed by atoms with Crippen molar-refractivity contribution in [3.8, 4) is 6.07 Å². The van der Waals surface area contributed by atoms with Crippen LogP contribution in [0.3, 0.4) is 0 Å². The van der Waals surface area contributed by atoms with Gasteiger partial charge in [-0.15, -0.1) is 0 Å². The standard InChI is InChI=1S/C17H17N3OS/c1-11-7-15(12(2)20(11)14-3-4-14)16(21)10-22-17-8-13(9-18)5-6-19-17/h5-8,14H,3-4,10H2,1-2H3. The lowest BCUT2D eigenvalue weighted by Gasteiger charge is -2.07. The average Bonchev–Trinajstić information content (AvgIpc) is 3.30. The van der Waals surface area contributed by atoms with E-state index in [-0.39, 0.29) is 5.78 Å². The zero-order valence-corrected chi connectivity index (χ0v) is 13.5. The molecule has 112 valence electrons. The first-order valence-electron chi connectivity index (χ1n) is 7.30. The van der Waals surface area contributed by atoms with Crippen LogP contribution in [0.25, 0.3) is 0 Å². The number of pyridine rings is 1. The lowest BCUT2D eigenvalue weighted by Crippen LogP contribution is -2.06. The number of hydrogen-bond acceptors (Lipinski definition) is 4. The van der Waals surface area contributed by atoms with Crippen molar-refractivity contribution >= 4 is 17.5 Å². The SMILES string of the molecule is Cc1cc(C(=O)CSc2cc(C#N)ccn2)c(C)n1C1CC1. The number of carbonyl (C=O) groups is 1. The molecule has 4 nitrogen and oxygen atoms in total. The number of thioether (sulfide) groups is 1. The Morgan fingerprint density at radius 3 is 2.91 bits per heavy atom. The number of Topliss-reactive ketones (excluding diaryl/α,β-unsaturated/α-hetero) is 1. The van der Waals surface area contributed by atoms with Crippen LogP contribution in [-0.2, 0) is 0 Å². The number of nitrogens with zero attached hydrogens (tertiary/aromatic N) is 3. The molecule has 0 radical (unpaired) electrons. The van der Waals surface area contributed by atoms with Crippen LogP contribution in [0.2, 0.25) is 0 Å². The lowest BCUT2D eigenvalue weighted by molar-refractivity contribution is 0.102. The fourth-order valence-electron chi connectivity index (χ4n) is 2.73. The number of rotatable bonds is 5. The van der Waals surface area contributed by atoms with Gasteiger partial charge in [0.2, 0.25) is 0 Å². The molecule has 0 spiro atoms. The summed E-state index contributed by atoms with van der Waals surface area (Å²) in [5, 5.41) is 9.60. The largest absolute Gasteiger partial charge is 0.345 e. The number of aromatic nitrogens is 2. The number of ketones is 1. The van der Waals surface area contributed by atoms with Crippen LogP contribution in [0.4, 0.5) is 0 Å². The molecule has 2 aromatic heterocycles. The molecule has 1 fully saturated rings. The monoisotopic (exact) mass is 311 g/mol. The van der Waals surface area contributed by atoms with E-state index in [4.69, 9.17) is 5.26 Å². The van der Waals surface area contributed by atoms with Gasteiger partial charge in [0.1, 0.15) is 0 Å². The molecule has 0 saturated heterocycles. The summed E-state index contributed by atoms with van der Waals surface area (Å²) in [7, 11) is 0. The van der Waals surface area contributed by atoms with Gasteiger partial charge in [-0.1, -0.05) is 11.8 Å². The average molecular weight is 311 g/mol. The van der Waals surface area contributed by atoms with E-state index in [2.05, 4.69) is 22.5 Å². The molecule has 3 rings (SSSR count). The van der Waals surface area contributed by atoms with Gasteiger partial charge in [-0.25, -0.2) is 4.98 Å². The quantitative estimate of drug-likeness (QED) is 0.624. The maximum atomic E-state index is 12.5. The highest BCUT2D eigenvalue weighted by Crippen LogP contribution is 2.38. The Morgan fingerprint density at radius 2 is 2.23 bits per heavy atom. The minimum absolute atomic E-state index is 0.120. The highest BCUT2D eigenvalue weighted by molar-refractivity contribution is 7.99. The topological polar surface area (TPSA) is 58.7 Å². The third-order valence-corrected chi connectivity index (χ3v) is 4.84. The second-order valence-electron chi connectivity index (χ2n) is 5.59. The molecule has 1 saturated carbocycles. The Labute approximate surface area is 134 Å². The number of nitriles is 1. The van der Waals surface area contributed by atoms with Crippen molar-refractivity contribution in [2.45, 2.75) is 37.8 Å². The van der Waals surface area contributed by atoms with E-state index in [1.807, 2.05) is 13.0 Å². The summed E-state index contributed by atoms with van der Waals surface area (Å²) in [6.07, 6.45) is 4.03. The van der Waals surface area contributed by atoms with Crippen LogP contribution < -0.4 is 0 Å². The zero-order chi connectivity index (χ0) is 15.7. The van der Waals surface area contributed by atoms with Crippen molar-refractivity contribution in [3.05, 3.63) is 46.9 Å². The molecule has 5 heteroatoms. The van der Waals surface area contributed by atoms with Gasteiger partial charge in [0.25, 0.3) is 0 Å². The van der Waals surface area contributed by atoms with Gasteiger partial charge in [-0.2, -0.15) is 5.26 Å². The predicted octanol–water partition coefficient (Wildman–Crippen LogP) is 3.68. The van der Waals surface area contributed by atoms with Gasteiger partial charge in [0.15, 0.2) is 5.78 Å². The Bertz CT molecular complexity index is 769. The third kappa shape index (κ3) is 2.93. The fraction of sp³-hybridized carbons (Fsp3) is 0.353. The van der Waals surface area contributed by atoms with Gasteiger partial charge in [-0.3, -0.25) is 4.79 Å². The molecule has 0 amide bonds. The van der Waals surface area contributed by atoms with Crippen molar-refractivity contribution in [1.29, 1.82) is 5.26 Å². The van der Waals surface area contributed by atoms with E-state index in [1.54, 1.807) is 18.3 Å². The summed E-state index contributed by atoms with van der Waals surface area (Å²) >= 11 is 1.38. The maximum Gasteiger partial charge on any atom is 0.174 e. The first kappa shape index (κ1) is 14.9. The van der Waals surface area contributed by atoms with E-state index in [1.165, 1.54) is 24.6 Å². The maximum absolute atomic E-state index is 12.5. The molecule has 0 aromatic carbocycles. The fourth-order valence-corrected chi connectivity index (χ4v) is 3.51. The van der Waals surface area contributed by atoms with Crippen molar-refractivity contribution < 1.29 is 4.79 Å². The third-order valence-electron chi connectivity index (χ3n) is 3.91. The molecule has 0 N–H and O–H groups in total. The normalized spacial score (nSPS) is 13.9. The minimum Gasteiger partial charge on any atom is -0.345 e. The van der Waals surface area contributed by atoms with Gasteiger partial charge in [0.05, 0.1) is 22.4 Å². The van der Waals surface area contributed by atoms with E-state index >= 15 is 0 Å². The summed E-state index contributed by atoms with van der Waals surface area (Å²) in [5.41, 5.74) is 3.62. The van der Waals surface area contributed by atoms with Gasteiger partial charge in [-0.05, 0) is 44.9 Å². The molecule has 2 heterocycles. The summed E-state index contributed by atoms with van der Waals surface area (Å²) in [5.74, 6) is 0.464. The predicted molar refractivity (Wildman–Crippen MR) is 86.2 cm³/mol. The molecule has 0 bridgehead atoms.